The fraction of sp³-hybridized carbons (Fsp3) is 0.333. The van der Waals surface area contributed by atoms with Gasteiger partial charge in [-0.25, -0.2) is 4.39 Å². The number of hydrogen-bond acceptors (Lipinski definition) is 2. The predicted molar refractivity (Wildman–Crippen MR) is 66.7 cm³/mol. The number of para-hydroxylation sites is 1. The number of halogens is 2. The van der Waals surface area contributed by atoms with Crippen LogP contribution in [0.25, 0.3) is 0 Å². The molecule has 0 aliphatic rings. The Morgan fingerprint density at radius 2 is 2.18 bits per heavy atom. The summed E-state index contributed by atoms with van der Waals surface area (Å²) in [6.45, 7) is 3.54. The highest BCUT2D eigenvalue weighted by atomic mass is 79.9. The minimum absolute atomic E-state index is 0.0680. The lowest BCUT2D eigenvalue weighted by molar-refractivity contribution is -0.119. The van der Waals surface area contributed by atoms with Crippen LogP contribution >= 0.6 is 15.9 Å². The van der Waals surface area contributed by atoms with E-state index in [0.717, 1.165) is 0 Å². The van der Waals surface area contributed by atoms with Crippen molar-refractivity contribution in [3.63, 3.8) is 0 Å². The second-order valence-corrected chi connectivity index (χ2v) is 4.79. The predicted octanol–water partition coefficient (Wildman–Crippen LogP) is 3.32. The minimum atomic E-state index is -0.790. The fourth-order valence-electron chi connectivity index (χ4n) is 1.33. The van der Waals surface area contributed by atoms with Crippen molar-refractivity contribution in [3.05, 3.63) is 28.5 Å². The van der Waals surface area contributed by atoms with Crippen LogP contribution in [0.5, 0.6) is 0 Å². The Balaban J connectivity index is 2.92. The van der Waals surface area contributed by atoms with Crippen LogP contribution in [0.4, 0.5) is 10.1 Å². The van der Waals surface area contributed by atoms with E-state index in [1.54, 1.807) is 19.9 Å². The van der Waals surface area contributed by atoms with Crippen molar-refractivity contribution in [2.45, 2.75) is 13.8 Å². The monoisotopic (exact) mass is 298 g/mol. The highest BCUT2D eigenvalue weighted by molar-refractivity contribution is 9.10. The van der Waals surface area contributed by atoms with E-state index in [-0.39, 0.29) is 11.6 Å². The maximum atomic E-state index is 13.5. The second-order valence-electron chi connectivity index (χ2n) is 3.94. The molecule has 1 atom stereocenters. The smallest absolute Gasteiger partial charge is 0.242 e. The lowest BCUT2D eigenvalue weighted by atomic mass is 9.96. The molecule has 5 heteroatoms. The Labute approximate surface area is 108 Å². The number of nitrogens with zero attached hydrogens (tertiary/aromatic N) is 1. The molecule has 0 bridgehead atoms. The van der Waals surface area contributed by atoms with Gasteiger partial charge in [-0.15, -0.1) is 0 Å². The van der Waals surface area contributed by atoms with Crippen LogP contribution in [0.3, 0.4) is 0 Å². The van der Waals surface area contributed by atoms with E-state index in [2.05, 4.69) is 21.2 Å². The average Bonchev–Trinajstić information content (AvgIpc) is 2.24. The van der Waals surface area contributed by atoms with Crippen molar-refractivity contribution in [1.29, 1.82) is 5.26 Å². The highest BCUT2D eigenvalue weighted by Crippen LogP contribution is 2.26. The van der Waals surface area contributed by atoms with Gasteiger partial charge in [-0.3, -0.25) is 4.79 Å². The van der Waals surface area contributed by atoms with Gasteiger partial charge in [0.05, 0.1) is 11.8 Å². The number of carbonyl (C=O) groups is 1. The van der Waals surface area contributed by atoms with Gasteiger partial charge in [-0.05, 0) is 34.0 Å². The van der Waals surface area contributed by atoms with E-state index >= 15 is 0 Å². The number of benzene rings is 1. The third kappa shape index (κ3) is 3.27. The quantitative estimate of drug-likeness (QED) is 0.930. The van der Waals surface area contributed by atoms with Crippen LogP contribution in [-0.4, -0.2) is 5.91 Å². The summed E-state index contributed by atoms with van der Waals surface area (Å²) in [5, 5.41) is 11.3. The Kier molecular flexibility index (Phi) is 4.64. The van der Waals surface area contributed by atoms with E-state index < -0.39 is 17.6 Å². The number of nitriles is 1. The molecule has 1 unspecified atom stereocenters. The molecular weight excluding hydrogens is 287 g/mol. The lowest BCUT2D eigenvalue weighted by Gasteiger charge is -2.14. The van der Waals surface area contributed by atoms with Gasteiger partial charge >= 0.3 is 0 Å². The molecule has 3 nitrogen and oxygen atoms in total. The number of anilines is 1. The fourth-order valence-corrected chi connectivity index (χ4v) is 1.77. The van der Waals surface area contributed by atoms with Crippen LogP contribution in [0.2, 0.25) is 0 Å². The molecular formula is C12H12BrFN2O. The summed E-state index contributed by atoms with van der Waals surface area (Å²) in [5.41, 5.74) is 0.0680. The molecule has 1 aromatic carbocycles. The van der Waals surface area contributed by atoms with Gasteiger partial charge in [0, 0.05) is 4.47 Å². The van der Waals surface area contributed by atoms with Crippen LogP contribution < -0.4 is 5.32 Å². The first-order valence-corrected chi connectivity index (χ1v) is 5.91. The molecule has 17 heavy (non-hydrogen) atoms. The molecule has 0 radical (unpaired) electrons. The van der Waals surface area contributed by atoms with Crippen molar-refractivity contribution in [1.82, 2.24) is 0 Å². The third-order valence-electron chi connectivity index (χ3n) is 2.30. The summed E-state index contributed by atoms with van der Waals surface area (Å²) in [6.07, 6.45) is 0. The number of rotatable bonds is 3. The topological polar surface area (TPSA) is 52.9 Å². The van der Waals surface area contributed by atoms with Gasteiger partial charge in [0.2, 0.25) is 5.91 Å². The van der Waals surface area contributed by atoms with Gasteiger partial charge in [-0.1, -0.05) is 19.9 Å². The van der Waals surface area contributed by atoms with Gasteiger partial charge in [0.1, 0.15) is 11.7 Å². The summed E-state index contributed by atoms with van der Waals surface area (Å²) >= 11 is 3.15. The first-order valence-electron chi connectivity index (χ1n) is 5.12. The van der Waals surface area contributed by atoms with E-state index in [0.29, 0.717) is 4.47 Å². The Bertz CT molecular complexity index is 448. The first-order chi connectivity index (χ1) is 7.97. The summed E-state index contributed by atoms with van der Waals surface area (Å²) in [4.78, 5) is 11.8. The molecule has 0 aliphatic heterocycles. The normalized spacial score (nSPS) is 12.0. The third-order valence-corrected chi connectivity index (χ3v) is 2.96. The van der Waals surface area contributed by atoms with E-state index in [1.807, 2.05) is 6.07 Å². The number of carbonyl (C=O) groups excluding carboxylic acids is 1. The molecule has 1 N–H and O–H groups in total. The molecule has 1 aromatic rings. The molecule has 0 saturated carbocycles. The lowest BCUT2D eigenvalue weighted by Crippen LogP contribution is -2.26. The molecule has 1 amide bonds. The summed E-state index contributed by atoms with van der Waals surface area (Å²) in [7, 11) is 0. The van der Waals surface area contributed by atoms with Gasteiger partial charge < -0.3 is 5.32 Å². The van der Waals surface area contributed by atoms with Crippen molar-refractivity contribution in [2.24, 2.45) is 11.8 Å². The maximum absolute atomic E-state index is 13.5. The second kappa shape index (κ2) is 5.78. The van der Waals surface area contributed by atoms with Gasteiger partial charge in [0.15, 0.2) is 0 Å². The molecule has 0 aliphatic carbocycles. The largest absolute Gasteiger partial charge is 0.322 e. The van der Waals surface area contributed by atoms with Crippen molar-refractivity contribution < 1.29 is 9.18 Å². The summed E-state index contributed by atoms with van der Waals surface area (Å²) in [6, 6.07) is 6.31. The number of nitrogens with one attached hydrogen (secondary N) is 1. The number of amides is 1. The van der Waals surface area contributed by atoms with E-state index in [4.69, 9.17) is 5.26 Å². The molecule has 0 heterocycles. The zero-order valence-corrected chi connectivity index (χ0v) is 11.1. The molecule has 0 spiro atoms. The maximum Gasteiger partial charge on any atom is 0.242 e. The molecule has 90 valence electrons. The van der Waals surface area contributed by atoms with Crippen LogP contribution in [0, 0.1) is 29.0 Å². The Morgan fingerprint density at radius 3 is 2.65 bits per heavy atom. The van der Waals surface area contributed by atoms with Gasteiger partial charge in [0.25, 0.3) is 0 Å². The SMILES string of the molecule is CC(C)C(C#N)C(=O)Nc1c(F)cccc1Br. The van der Waals surface area contributed by atoms with E-state index in [1.165, 1.54) is 12.1 Å². The average molecular weight is 299 g/mol. The van der Waals surface area contributed by atoms with Crippen LogP contribution in [0.15, 0.2) is 22.7 Å². The zero-order chi connectivity index (χ0) is 13.0. The Hall–Kier alpha value is -1.41. The van der Waals surface area contributed by atoms with Crippen LogP contribution in [-0.2, 0) is 4.79 Å². The molecule has 0 fully saturated rings. The van der Waals surface area contributed by atoms with Crippen molar-refractivity contribution in [2.75, 3.05) is 5.32 Å². The molecule has 0 aromatic heterocycles. The summed E-state index contributed by atoms with van der Waals surface area (Å²) in [5.74, 6) is -1.94. The first kappa shape index (κ1) is 13.7. The molecule has 1 rings (SSSR count). The Morgan fingerprint density at radius 1 is 1.53 bits per heavy atom. The van der Waals surface area contributed by atoms with E-state index in [9.17, 15) is 9.18 Å². The highest BCUT2D eigenvalue weighted by Gasteiger charge is 2.23. The van der Waals surface area contributed by atoms with Crippen molar-refractivity contribution in [3.8, 4) is 6.07 Å². The standard InChI is InChI=1S/C12H12BrFN2O/c1-7(2)8(6-15)12(17)16-11-9(13)4-3-5-10(11)14/h3-5,7-8H,1-2H3,(H,16,17). The van der Waals surface area contributed by atoms with Gasteiger partial charge in [-0.2, -0.15) is 5.26 Å². The molecule has 0 saturated heterocycles. The van der Waals surface area contributed by atoms with Crippen LogP contribution in [0.1, 0.15) is 13.8 Å². The number of hydrogen-bond donors (Lipinski definition) is 1. The van der Waals surface area contributed by atoms with Crippen molar-refractivity contribution >= 4 is 27.5 Å². The zero-order valence-electron chi connectivity index (χ0n) is 9.50. The summed E-state index contributed by atoms with van der Waals surface area (Å²) < 4.78 is 13.9. The minimum Gasteiger partial charge on any atom is -0.322 e.